The Bertz CT molecular complexity index is 1120. The molecule has 12 nitrogen and oxygen atoms in total. The van der Waals surface area contributed by atoms with Crippen LogP contribution in [0.1, 0.15) is 126 Å². The zero-order valence-electron chi connectivity index (χ0n) is 30.5. The van der Waals surface area contributed by atoms with Gasteiger partial charge in [0.1, 0.15) is 23.7 Å². The Hall–Kier alpha value is -2.24. The Kier molecular flexibility index (Phi) is 21.8. The van der Waals surface area contributed by atoms with Crippen molar-refractivity contribution in [2.24, 2.45) is 0 Å². The number of ether oxygens (including phenoxy) is 3. The number of nitrogens with zero attached hydrogens (tertiary/aromatic N) is 4. The van der Waals surface area contributed by atoms with Crippen molar-refractivity contribution in [3.05, 3.63) is 12.7 Å². The normalized spacial score (nSPS) is 13.2. The molecule has 0 aliphatic rings. The zero-order valence-corrected chi connectivity index (χ0v) is 31.4. The molecule has 0 spiro atoms. The number of hydrogen-bond acceptors (Lipinski definition) is 11. The lowest BCUT2D eigenvalue weighted by Crippen LogP contribution is -2.50. The van der Waals surface area contributed by atoms with Gasteiger partial charge in [0, 0.05) is 13.7 Å². The number of hydrogen-bond donors (Lipinski definition) is 3. The van der Waals surface area contributed by atoms with Crippen molar-refractivity contribution in [3.8, 4) is 0 Å². The Balaban J connectivity index is 0.000000950. The molecule has 0 radical (unpaired) electrons. The fourth-order valence-corrected chi connectivity index (χ4v) is 6.77. The largest absolute Gasteiger partial charge is 0.464 e. The maximum absolute atomic E-state index is 12.8. The number of aldehydes is 1. The van der Waals surface area contributed by atoms with Gasteiger partial charge in [0.15, 0.2) is 11.5 Å². The van der Waals surface area contributed by atoms with Crippen molar-refractivity contribution in [2.45, 2.75) is 149 Å². The van der Waals surface area contributed by atoms with Gasteiger partial charge in [-0.3, -0.25) is 15.0 Å². The number of unbranched alkanes of at least 4 members (excludes halogenated alkanes) is 10. The van der Waals surface area contributed by atoms with E-state index in [1.165, 1.54) is 64.1 Å². The van der Waals surface area contributed by atoms with E-state index in [-0.39, 0.29) is 18.4 Å². The van der Waals surface area contributed by atoms with Gasteiger partial charge in [0.2, 0.25) is 0 Å². The Morgan fingerprint density at radius 2 is 1.53 bits per heavy atom. The summed E-state index contributed by atoms with van der Waals surface area (Å²) in [5.74, 6) is 0.00502. The highest BCUT2D eigenvalue weighted by molar-refractivity contribution is 7.53. The quantitative estimate of drug-likeness (QED) is 0.0433. The van der Waals surface area contributed by atoms with E-state index >= 15 is 0 Å². The third-order valence-electron chi connectivity index (χ3n) is 7.45. The first-order valence-electron chi connectivity index (χ1n) is 17.4. The number of nitrogens with two attached hydrogens (primary N) is 1. The van der Waals surface area contributed by atoms with E-state index in [1.807, 2.05) is 11.5 Å². The van der Waals surface area contributed by atoms with Crippen LogP contribution in [0.2, 0.25) is 0 Å². The van der Waals surface area contributed by atoms with Gasteiger partial charge >= 0.3 is 5.97 Å². The summed E-state index contributed by atoms with van der Waals surface area (Å²) in [5.41, 5.74) is 5.32. The third kappa shape index (κ3) is 18.2. The highest BCUT2D eigenvalue weighted by Crippen LogP contribution is 2.33. The molecular weight excluding hydrogens is 617 g/mol. The molecule has 0 saturated heterocycles. The summed E-state index contributed by atoms with van der Waals surface area (Å²) in [5, 5.41) is 6.64. The molecule has 0 aliphatic heterocycles. The Morgan fingerprint density at radius 1 is 0.936 bits per heavy atom. The molecule has 13 heteroatoms. The average molecular weight is 682 g/mol. The second kappa shape index (κ2) is 24.0. The van der Waals surface area contributed by atoms with Crippen LogP contribution in [0, 0.1) is 0 Å². The summed E-state index contributed by atoms with van der Waals surface area (Å²) in [6, 6.07) is 0. The van der Waals surface area contributed by atoms with E-state index in [4.69, 9.17) is 19.9 Å². The molecule has 47 heavy (non-hydrogen) atoms. The average Bonchev–Trinajstić information content (AvgIpc) is 3.44. The van der Waals surface area contributed by atoms with Crippen LogP contribution in [0.25, 0.3) is 11.2 Å². The van der Waals surface area contributed by atoms with Crippen molar-refractivity contribution < 1.29 is 23.8 Å². The van der Waals surface area contributed by atoms with Crippen LogP contribution in [-0.2, 0) is 30.3 Å². The van der Waals surface area contributed by atoms with Crippen molar-refractivity contribution >= 4 is 37.5 Å². The van der Waals surface area contributed by atoms with Gasteiger partial charge in [-0.1, -0.05) is 78.1 Å². The molecule has 0 amide bonds. The minimum absolute atomic E-state index is 0.204. The number of nitrogen functional groups attached to an aromatic ring is 1. The standard InChI is InChI=1S/C25H44N7O4P.C9H20O/c1-7-8-9-10-11-12-13-35-23(34)25(5,6)31-37(30-24(3,4)15-33)18-36-19(2)14-32-17-29-20-21(26)27-16-28-22(20)32;1-3-4-5-6-7-8-9-10-2/h15-17,19,30-31H,7-14,18H2,1-6H3,(H2,26,27,28);3-9H2,1-2H3. The van der Waals surface area contributed by atoms with Crippen molar-refractivity contribution in [1.29, 1.82) is 0 Å². The van der Waals surface area contributed by atoms with Gasteiger partial charge in [-0.2, -0.15) is 0 Å². The lowest BCUT2D eigenvalue weighted by molar-refractivity contribution is -0.149. The molecule has 0 aliphatic carbocycles. The van der Waals surface area contributed by atoms with Gasteiger partial charge in [0.05, 0.1) is 45.7 Å². The summed E-state index contributed by atoms with van der Waals surface area (Å²) in [7, 11) is 0.506. The first-order valence-corrected chi connectivity index (χ1v) is 18.9. The lowest BCUT2D eigenvalue weighted by Gasteiger charge is -2.34. The third-order valence-corrected chi connectivity index (χ3v) is 9.53. The fourth-order valence-electron chi connectivity index (χ4n) is 4.67. The maximum atomic E-state index is 12.8. The molecule has 2 aromatic rings. The van der Waals surface area contributed by atoms with E-state index in [0.29, 0.717) is 30.1 Å². The molecule has 2 rings (SSSR count). The molecule has 2 atom stereocenters. The minimum Gasteiger partial charge on any atom is -0.464 e. The van der Waals surface area contributed by atoms with E-state index in [0.717, 1.165) is 32.2 Å². The molecule has 270 valence electrons. The van der Waals surface area contributed by atoms with Crippen molar-refractivity contribution in [3.63, 3.8) is 0 Å². The lowest BCUT2D eigenvalue weighted by atomic mass is 10.1. The number of fused-ring (bicyclic) bond motifs is 1. The highest BCUT2D eigenvalue weighted by Gasteiger charge is 2.34. The number of aromatic nitrogens is 4. The van der Waals surface area contributed by atoms with Crippen LogP contribution >= 0.6 is 8.22 Å². The minimum atomic E-state index is -1.26. The molecule has 0 fully saturated rings. The van der Waals surface area contributed by atoms with Gasteiger partial charge in [-0.25, -0.2) is 15.0 Å². The fraction of sp³-hybridized carbons (Fsp3) is 0.794. The maximum Gasteiger partial charge on any atom is 0.326 e. The second-order valence-corrected chi connectivity index (χ2v) is 14.8. The highest BCUT2D eigenvalue weighted by atomic mass is 31.1. The molecule has 0 bridgehead atoms. The van der Waals surface area contributed by atoms with E-state index < -0.39 is 19.3 Å². The molecular formula is C34H64N7O5P. The number of esters is 1. The summed E-state index contributed by atoms with van der Waals surface area (Å²) in [6.07, 6.45) is 18.8. The predicted molar refractivity (Wildman–Crippen MR) is 192 cm³/mol. The first-order chi connectivity index (χ1) is 22.4. The van der Waals surface area contributed by atoms with Crippen LogP contribution in [-0.4, -0.2) is 75.6 Å². The molecule has 2 heterocycles. The van der Waals surface area contributed by atoms with Gasteiger partial charge in [-0.15, -0.1) is 0 Å². The number of methoxy groups -OCH3 is 1. The van der Waals surface area contributed by atoms with Crippen molar-refractivity contribution in [1.82, 2.24) is 29.7 Å². The molecule has 0 aromatic carbocycles. The summed E-state index contributed by atoms with van der Waals surface area (Å²) >= 11 is 0. The van der Waals surface area contributed by atoms with Gasteiger partial charge < -0.3 is 29.3 Å². The second-order valence-electron chi connectivity index (χ2n) is 13.2. The predicted octanol–water partition coefficient (Wildman–Crippen LogP) is 6.92. The molecule has 2 unspecified atom stereocenters. The van der Waals surface area contributed by atoms with Crippen molar-refractivity contribution in [2.75, 3.05) is 32.4 Å². The number of carbonyl (C=O) groups excluding carboxylic acids is 2. The van der Waals surface area contributed by atoms with E-state index in [2.05, 4.69) is 39.0 Å². The number of rotatable bonds is 25. The Labute approximate surface area is 284 Å². The monoisotopic (exact) mass is 681 g/mol. The van der Waals surface area contributed by atoms with E-state index in [9.17, 15) is 9.59 Å². The number of nitrogens with one attached hydrogen (secondary N) is 2. The summed E-state index contributed by atoms with van der Waals surface area (Å²) in [4.78, 5) is 36.9. The van der Waals surface area contributed by atoms with Gasteiger partial charge in [-0.05, 0) is 47.5 Å². The number of carbonyl (C=O) groups is 2. The summed E-state index contributed by atoms with van der Waals surface area (Å²) < 4.78 is 18.5. The molecule has 2 aromatic heterocycles. The zero-order chi connectivity index (χ0) is 35.1. The SMILES string of the molecule is CCCCCCCCOC.CCCCCCCCOC(=O)C(C)(C)NP(COC(C)Cn1cnc2c(N)ncnc21)NC(C)(C)C=O. The molecule has 4 N–H and O–H groups in total. The van der Waals surface area contributed by atoms with Crippen LogP contribution in [0.15, 0.2) is 12.7 Å². The van der Waals surface area contributed by atoms with Gasteiger partial charge in [0.25, 0.3) is 0 Å². The topological polar surface area (TPSA) is 156 Å². The number of imidazole rings is 1. The first kappa shape index (κ1) is 42.8. The Morgan fingerprint density at radius 3 is 2.13 bits per heavy atom. The van der Waals surface area contributed by atoms with Crippen LogP contribution in [0.5, 0.6) is 0 Å². The van der Waals surface area contributed by atoms with Crippen LogP contribution in [0.3, 0.4) is 0 Å². The van der Waals surface area contributed by atoms with Crippen LogP contribution in [0.4, 0.5) is 5.82 Å². The number of anilines is 1. The summed E-state index contributed by atoms with van der Waals surface area (Å²) in [6.45, 7) is 15.3. The molecule has 0 saturated carbocycles. The van der Waals surface area contributed by atoms with Crippen LogP contribution < -0.4 is 15.9 Å². The smallest absolute Gasteiger partial charge is 0.326 e. The van der Waals surface area contributed by atoms with E-state index in [1.54, 1.807) is 41.1 Å².